The van der Waals surface area contributed by atoms with Gasteiger partial charge in [0.05, 0.1) is 18.7 Å². The fourth-order valence-corrected chi connectivity index (χ4v) is 4.14. The van der Waals surface area contributed by atoms with Crippen LogP contribution in [0, 0.1) is 5.92 Å². The Morgan fingerprint density at radius 1 is 1.42 bits per heavy atom. The summed E-state index contributed by atoms with van der Waals surface area (Å²) in [5, 5.41) is 12.7. The quantitative estimate of drug-likeness (QED) is 0.874. The van der Waals surface area contributed by atoms with Crippen LogP contribution in [0.5, 0.6) is 0 Å². The molecule has 0 bridgehead atoms. The highest BCUT2D eigenvalue weighted by molar-refractivity contribution is 7.11. The Hall–Kier alpha value is -2.21. The number of hydrogen-bond donors (Lipinski definition) is 2. The van der Waals surface area contributed by atoms with Crippen LogP contribution in [0.1, 0.15) is 44.8 Å². The smallest absolute Gasteiger partial charge is 0.307 e. The van der Waals surface area contributed by atoms with Gasteiger partial charge in [-0.3, -0.25) is 9.59 Å². The summed E-state index contributed by atoms with van der Waals surface area (Å²) in [5.74, 6) is -0.406. The second-order valence-corrected chi connectivity index (χ2v) is 7.45. The lowest BCUT2D eigenvalue weighted by Gasteiger charge is -2.15. The maximum atomic E-state index is 12.3. The van der Waals surface area contributed by atoms with Crippen LogP contribution in [-0.2, 0) is 30.6 Å². The zero-order chi connectivity index (χ0) is 17.1. The normalized spacial score (nSPS) is 16.5. The number of carboxylic acid groups (broad SMARTS) is 1. The van der Waals surface area contributed by atoms with Crippen LogP contribution in [0.15, 0.2) is 24.3 Å². The molecule has 1 heterocycles. The molecule has 24 heavy (non-hydrogen) atoms. The lowest BCUT2D eigenvalue weighted by molar-refractivity contribution is -0.136. The van der Waals surface area contributed by atoms with E-state index in [2.05, 4.69) is 17.2 Å². The standard InChI is InChI=1S/C18H20N2O3S/c1-11-5-6-14-15(7-11)24-16(20-14)10-19-18(23)13-4-2-3-12(8-13)9-17(21)22/h2-4,8,11H,5-7,9-10H2,1H3,(H,19,23)(H,21,22). The Kier molecular flexibility index (Phi) is 4.94. The van der Waals surface area contributed by atoms with Crippen LogP contribution in [0.25, 0.3) is 0 Å². The summed E-state index contributed by atoms with van der Waals surface area (Å²) in [6.07, 6.45) is 3.20. The van der Waals surface area contributed by atoms with Crippen molar-refractivity contribution < 1.29 is 14.7 Å². The predicted octanol–water partition coefficient (Wildman–Crippen LogP) is 2.83. The summed E-state index contributed by atoms with van der Waals surface area (Å²) in [6, 6.07) is 6.73. The molecule has 0 saturated heterocycles. The van der Waals surface area contributed by atoms with Gasteiger partial charge in [0.2, 0.25) is 0 Å². The highest BCUT2D eigenvalue weighted by atomic mass is 32.1. The van der Waals surface area contributed by atoms with Crippen molar-refractivity contribution in [2.75, 3.05) is 0 Å². The maximum absolute atomic E-state index is 12.3. The number of carboxylic acids is 1. The van der Waals surface area contributed by atoms with Gasteiger partial charge in [0, 0.05) is 10.4 Å². The summed E-state index contributed by atoms with van der Waals surface area (Å²) in [6.45, 7) is 2.67. The number of hydrogen-bond acceptors (Lipinski definition) is 4. The first-order valence-electron chi connectivity index (χ1n) is 8.07. The van der Waals surface area contributed by atoms with Crippen molar-refractivity contribution >= 4 is 23.2 Å². The average Bonchev–Trinajstić information content (AvgIpc) is 2.94. The number of aromatic nitrogens is 1. The van der Waals surface area contributed by atoms with Crippen molar-refractivity contribution in [3.05, 3.63) is 51.0 Å². The second kappa shape index (κ2) is 7.13. The maximum Gasteiger partial charge on any atom is 0.307 e. The van der Waals surface area contributed by atoms with Crippen molar-refractivity contribution in [1.82, 2.24) is 10.3 Å². The van der Waals surface area contributed by atoms with Gasteiger partial charge in [0.25, 0.3) is 5.91 Å². The van der Waals surface area contributed by atoms with E-state index in [-0.39, 0.29) is 12.3 Å². The summed E-state index contributed by atoms with van der Waals surface area (Å²) in [7, 11) is 0. The lowest BCUT2D eigenvalue weighted by atomic mass is 9.93. The van der Waals surface area contributed by atoms with Crippen LogP contribution >= 0.6 is 11.3 Å². The molecule has 1 aromatic carbocycles. The fraction of sp³-hybridized carbons (Fsp3) is 0.389. The number of aliphatic carboxylic acids is 1. The molecule has 0 fully saturated rings. The van der Waals surface area contributed by atoms with E-state index in [0.29, 0.717) is 23.6 Å². The van der Waals surface area contributed by atoms with Crippen LogP contribution in [0.2, 0.25) is 0 Å². The molecule has 2 N–H and O–H groups in total. The van der Waals surface area contributed by atoms with Crippen LogP contribution in [0.3, 0.4) is 0 Å². The van der Waals surface area contributed by atoms with Gasteiger partial charge in [-0.2, -0.15) is 0 Å². The average molecular weight is 344 g/mol. The van der Waals surface area contributed by atoms with Crippen LogP contribution < -0.4 is 5.32 Å². The zero-order valence-corrected chi connectivity index (χ0v) is 14.4. The van der Waals surface area contributed by atoms with Crippen molar-refractivity contribution in [3.8, 4) is 0 Å². The first-order valence-corrected chi connectivity index (χ1v) is 8.89. The number of nitrogens with zero attached hydrogens (tertiary/aromatic N) is 1. The van der Waals surface area contributed by atoms with E-state index in [4.69, 9.17) is 5.11 Å². The third kappa shape index (κ3) is 4.00. The molecule has 0 saturated carbocycles. The number of thiazole rings is 1. The molecule has 1 aliphatic rings. The minimum atomic E-state index is -0.907. The van der Waals surface area contributed by atoms with Gasteiger partial charge in [-0.25, -0.2) is 4.98 Å². The largest absolute Gasteiger partial charge is 0.481 e. The third-order valence-corrected chi connectivity index (χ3v) is 5.29. The molecular formula is C18H20N2O3S. The van der Waals surface area contributed by atoms with E-state index in [1.807, 2.05) is 0 Å². The number of aryl methyl sites for hydroxylation is 1. The molecule has 126 valence electrons. The number of carbonyl (C=O) groups is 2. The molecule has 3 rings (SSSR count). The van der Waals surface area contributed by atoms with Crippen molar-refractivity contribution in [2.45, 2.75) is 39.2 Å². The van der Waals surface area contributed by atoms with Crippen LogP contribution in [0.4, 0.5) is 0 Å². The Morgan fingerprint density at radius 2 is 2.25 bits per heavy atom. The Labute approximate surface area is 144 Å². The molecule has 1 unspecified atom stereocenters. The molecule has 5 nitrogen and oxygen atoms in total. The molecular weight excluding hydrogens is 324 g/mol. The monoisotopic (exact) mass is 344 g/mol. The topological polar surface area (TPSA) is 79.3 Å². The lowest BCUT2D eigenvalue weighted by Crippen LogP contribution is -2.23. The molecule has 2 aromatic rings. The van der Waals surface area contributed by atoms with E-state index < -0.39 is 5.97 Å². The summed E-state index contributed by atoms with van der Waals surface area (Å²) >= 11 is 1.68. The Balaban J connectivity index is 1.62. The molecule has 0 spiro atoms. The molecule has 0 aliphatic heterocycles. The van der Waals surface area contributed by atoms with E-state index in [0.717, 1.165) is 17.8 Å². The van der Waals surface area contributed by atoms with E-state index in [1.165, 1.54) is 17.0 Å². The van der Waals surface area contributed by atoms with E-state index >= 15 is 0 Å². The van der Waals surface area contributed by atoms with Gasteiger partial charge in [0.1, 0.15) is 5.01 Å². The van der Waals surface area contributed by atoms with Gasteiger partial charge in [-0.05, 0) is 42.9 Å². The molecule has 6 heteroatoms. The summed E-state index contributed by atoms with van der Waals surface area (Å²) in [5.41, 5.74) is 2.28. The zero-order valence-electron chi connectivity index (χ0n) is 13.5. The first-order chi connectivity index (χ1) is 11.5. The number of carbonyl (C=O) groups excluding carboxylic acids is 1. The molecule has 1 aromatic heterocycles. The highest BCUT2D eigenvalue weighted by Gasteiger charge is 2.19. The highest BCUT2D eigenvalue weighted by Crippen LogP contribution is 2.29. The van der Waals surface area contributed by atoms with Gasteiger partial charge in [-0.15, -0.1) is 11.3 Å². The van der Waals surface area contributed by atoms with Crippen molar-refractivity contribution in [2.24, 2.45) is 5.92 Å². The number of rotatable bonds is 5. The van der Waals surface area contributed by atoms with Gasteiger partial charge in [-0.1, -0.05) is 19.1 Å². The first kappa shape index (κ1) is 16.6. The Morgan fingerprint density at radius 3 is 3.04 bits per heavy atom. The van der Waals surface area contributed by atoms with Gasteiger partial charge >= 0.3 is 5.97 Å². The number of nitrogens with one attached hydrogen (secondary N) is 1. The van der Waals surface area contributed by atoms with Gasteiger partial charge in [0.15, 0.2) is 0 Å². The predicted molar refractivity (Wildman–Crippen MR) is 92.3 cm³/mol. The van der Waals surface area contributed by atoms with E-state index in [9.17, 15) is 9.59 Å². The summed E-state index contributed by atoms with van der Waals surface area (Å²) in [4.78, 5) is 29.0. The number of amides is 1. The third-order valence-electron chi connectivity index (χ3n) is 4.18. The minimum Gasteiger partial charge on any atom is -0.481 e. The molecule has 1 amide bonds. The van der Waals surface area contributed by atoms with Crippen molar-refractivity contribution in [3.63, 3.8) is 0 Å². The minimum absolute atomic E-state index is 0.0848. The summed E-state index contributed by atoms with van der Waals surface area (Å²) < 4.78 is 0. The molecule has 1 atom stereocenters. The second-order valence-electron chi connectivity index (χ2n) is 6.28. The number of fused-ring (bicyclic) bond motifs is 1. The van der Waals surface area contributed by atoms with E-state index in [1.54, 1.807) is 35.6 Å². The Bertz CT molecular complexity index is 769. The van der Waals surface area contributed by atoms with Crippen LogP contribution in [-0.4, -0.2) is 22.0 Å². The van der Waals surface area contributed by atoms with Gasteiger partial charge < -0.3 is 10.4 Å². The fourth-order valence-electron chi connectivity index (χ4n) is 2.92. The molecule has 0 radical (unpaired) electrons. The number of benzene rings is 1. The molecule has 1 aliphatic carbocycles. The van der Waals surface area contributed by atoms with Crippen molar-refractivity contribution in [1.29, 1.82) is 0 Å². The SMILES string of the molecule is CC1CCc2nc(CNC(=O)c3cccc(CC(=O)O)c3)sc2C1.